The molecule has 3 saturated heterocycles. The molecule has 3 aliphatic rings. The number of ether oxygens (including phenoxy) is 1. The molecule has 3 heterocycles. The van der Waals surface area contributed by atoms with Gasteiger partial charge in [0.2, 0.25) is 17.7 Å². The lowest BCUT2D eigenvalue weighted by atomic mass is 9.66. The first-order valence-corrected chi connectivity index (χ1v) is 13.0. The van der Waals surface area contributed by atoms with Crippen molar-refractivity contribution in [3.8, 4) is 5.75 Å². The number of anilines is 1. The van der Waals surface area contributed by atoms with E-state index in [0.717, 1.165) is 12.0 Å². The highest BCUT2D eigenvalue weighted by molar-refractivity contribution is 8.02. The number of nitrogens with zero attached hydrogens (tertiary/aromatic N) is 1. The Morgan fingerprint density at radius 2 is 1.83 bits per heavy atom. The molecule has 2 aromatic carbocycles. The Hall–Kier alpha value is -3.04. The topological polar surface area (TPSA) is 108 Å². The zero-order valence-electron chi connectivity index (χ0n) is 20.4. The van der Waals surface area contributed by atoms with Crippen LogP contribution in [0, 0.1) is 11.8 Å². The summed E-state index contributed by atoms with van der Waals surface area (Å²) in [6.45, 7) is 2.22. The molecule has 3 aliphatic heterocycles. The van der Waals surface area contributed by atoms with E-state index in [1.807, 2.05) is 37.3 Å². The average Bonchev–Trinajstić information content (AvgIpc) is 3.45. The van der Waals surface area contributed by atoms with Crippen molar-refractivity contribution in [2.45, 2.75) is 41.8 Å². The van der Waals surface area contributed by atoms with Gasteiger partial charge in [-0.2, -0.15) is 0 Å². The van der Waals surface area contributed by atoms with Crippen LogP contribution in [0.15, 0.2) is 54.6 Å². The molecule has 0 aliphatic carbocycles. The van der Waals surface area contributed by atoms with E-state index >= 15 is 0 Å². The van der Waals surface area contributed by atoms with Gasteiger partial charge in [-0.1, -0.05) is 30.3 Å². The number of amides is 3. The van der Waals surface area contributed by atoms with E-state index in [2.05, 4.69) is 10.6 Å². The molecule has 5 rings (SSSR count). The molecule has 36 heavy (non-hydrogen) atoms. The third-order valence-corrected chi connectivity index (χ3v) is 9.80. The maximum Gasteiger partial charge on any atom is 0.248 e. The van der Waals surface area contributed by atoms with Crippen molar-refractivity contribution in [1.29, 1.82) is 0 Å². The number of carbonyl (C=O) groups is 3. The Kier molecular flexibility index (Phi) is 6.46. The van der Waals surface area contributed by atoms with E-state index in [4.69, 9.17) is 4.74 Å². The van der Waals surface area contributed by atoms with E-state index < -0.39 is 27.4 Å². The molecule has 1 spiro atoms. The summed E-state index contributed by atoms with van der Waals surface area (Å²) in [5.41, 5.74) is 1.58. The molecule has 0 radical (unpaired) electrons. The summed E-state index contributed by atoms with van der Waals surface area (Å²) in [5, 5.41) is 15.7. The van der Waals surface area contributed by atoms with E-state index in [9.17, 15) is 19.5 Å². The zero-order chi connectivity index (χ0) is 25.5. The molecule has 2 unspecified atom stereocenters. The molecule has 9 heteroatoms. The standard InChI is InChI=1S/C27H31N3O5S/c1-26-12-13-27(36-26)21(20(26)23(32)28-16-17-6-4-3-5-7-17)25(34)30(14-15-31)22(27)24(33)29-18-8-10-19(35-2)11-9-18/h3-11,20-22,31H,12-16H2,1-2H3,(H,28,32)(H,29,33)/t20-,21-,22?,26+,27?/m0/s1. The van der Waals surface area contributed by atoms with E-state index in [1.54, 1.807) is 43.1 Å². The van der Waals surface area contributed by atoms with Crippen LogP contribution in [0.5, 0.6) is 5.75 Å². The van der Waals surface area contributed by atoms with Gasteiger partial charge in [-0.05, 0) is 49.6 Å². The van der Waals surface area contributed by atoms with Crippen LogP contribution in [0.4, 0.5) is 5.69 Å². The van der Waals surface area contributed by atoms with Crippen LogP contribution in [0.25, 0.3) is 0 Å². The molecule has 8 nitrogen and oxygen atoms in total. The first-order valence-electron chi connectivity index (χ1n) is 12.2. The summed E-state index contributed by atoms with van der Waals surface area (Å²) in [7, 11) is 1.57. The quantitative estimate of drug-likeness (QED) is 0.505. The highest BCUT2D eigenvalue weighted by Gasteiger charge is 2.77. The number of benzene rings is 2. The molecule has 3 N–H and O–H groups in total. The number of rotatable bonds is 8. The molecule has 0 saturated carbocycles. The number of likely N-dealkylation sites (tertiary alicyclic amines) is 1. The van der Waals surface area contributed by atoms with Gasteiger partial charge in [0.15, 0.2) is 0 Å². The number of methoxy groups -OCH3 is 1. The summed E-state index contributed by atoms with van der Waals surface area (Å²) < 4.78 is 4.04. The number of hydrogen-bond donors (Lipinski definition) is 3. The van der Waals surface area contributed by atoms with Crippen LogP contribution in [0.2, 0.25) is 0 Å². The third-order valence-electron chi connectivity index (χ3n) is 7.82. The fourth-order valence-electron chi connectivity index (χ4n) is 6.26. The Labute approximate surface area is 214 Å². The highest BCUT2D eigenvalue weighted by Crippen LogP contribution is 2.71. The van der Waals surface area contributed by atoms with Gasteiger partial charge in [-0.3, -0.25) is 14.4 Å². The van der Waals surface area contributed by atoms with Crippen molar-refractivity contribution < 1.29 is 24.2 Å². The lowest BCUT2D eigenvalue weighted by molar-refractivity contribution is -0.140. The highest BCUT2D eigenvalue weighted by atomic mass is 32.2. The maximum atomic E-state index is 13.8. The lowest BCUT2D eigenvalue weighted by Crippen LogP contribution is -2.52. The predicted octanol–water partition coefficient (Wildman–Crippen LogP) is 2.42. The zero-order valence-corrected chi connectivity index (χ0v) is 21.2. The first kappa shape index (κ1) is 24.6. The van der Waals surface area contributed by atoms with E-state index in [0.29, 0.717) is 24.4 Å². The normalized spacial score (nSPS) is 30.2. The smallest absolute Gasteiger partial charge is 0.248 e. The van der Waals surface area contributed by atoms with Crippen molar-refractivity contribution in [2.75, 3.05) is 25.6 Å². The SMILES string of the molecule is COc1ccc(NC(=O)C2N(CCO)C(=O)[C@@H]3[C@@H](C(=O)NCc4ccccc4)[C@@]4(C)CCC23S4)cc1. The second kappa shape index (κ2) is 9.44. The van der Waals surface area contributed by atoms with Crippen LogP contribution in [0.1, 0.15) is 25.3 Å². The number of β-amino-alcohol motifs (C(OH)–C–C–N with tert-alkyl or cyclic N) is 1. The van der Waals surface area contributed by atoms with Crippen LogP contribution in [0.3, 0.4) is 0 Å². The number of aliphatic hydroxyl groups is 1. The van der Waals surface area contributed by atoms with Gasteiger partial charge in [-0.15, -0.1) is 11.8 Å². The van der Waals surface area contributed by atoms with Crippen molar-refractivity contribution in [2.24, 2.45) is 11.8 Å². The number of nitrogens with one attached hydrogen (secondary N) is 2. The lowest BCUT2D eigenvalue weighted by Gasteiger charge is -2.34. The molecule has 5 atom stereocenters. The van der Waals surface area contributed by atoms with Crippen molar-refractivity contribution in [1.82, 2.24) is 10.2 Å². The molecule has 2 aromatic rings. The van der Waals surface area contributed by atoms with Gasteiger partial charge >= 0.3 is 0 Å². The summed E-state index contributed by atoms with van der Waals surface area (Å²) >= 11 is 1.61. The van der Waals surface area contributed by atoms with Gasteiger partial charge < -0.3 is 25.4 Å². The van der Waals surface area contributed by atoms with Crippen LogP contribution in [-0.2, 0) is 20.9 Å². The Balaban J connectivity index is 1.42. The third kappa shape index (κ3) is 3.94. The fourth-order valence-corrected chi connectivity index (χ4v) is 8.61. The summed E-state index contributed by atoms with van der Waals surface area (Å²) in [5.74, 6) is -1.18. The van der Waals surface area contributed by atoms with Gasteiger partial charge in [0.05, 0.1) is 30.3 Å². The summed E-state index contributed by atoms with van der Waals surface area (Å²) in [6.07, 6.45) is 1.40. The first-order chi connectivity index (χ1) is 17.3. The van der Waals surface area contributed by atoms with Crippen molar-refractivity contribution >= 4 is 35.2 Å². The Morgan fingerprint density at radius 3 is 2.50 bits per heavy atom. The minimum atomic E-state index is -0.775. The minimum absolute atomic E-state index is 0.0490. The van der Waals surface area contributed by atoms with E-state index in [-0.39, 0.29) is 30.9 Å². The van der Waals surface area contributed by atoms with Gasteiger partial charge in [0.1, 0.15) is 11.8 Å². The van der Waals surface area contributed by atoms with Crippen molar-refractivity contribution in [3.63, 3.8) is 0 Å². The van der Waals surface area contributed by atoms with Crippen molar-refractivity contribution in [3.05, 3.63) is 60.2 Å². The monoisotopic (exact) mass is 509 g/mol. The Morgan fingerprint density at radius 1 is 1.11 bits per heavy atom. The molecule has 2 bridgehead atoms. The molecule has 3 fully saturated rings. The van der Waals surface area contributed by atoms with Crippen LogP contribution in [-0.4, -0.2) is 63.5 Å². The van der Waals surface area contributed by atoms with Gasteiger partial charge in [-0.25, -0.2) is 0 Å². The summed E-state index contributed by atoms with van der Waals surface area (Å²) in [4.78, 5) is 42.5. The fraction of sp³-hybridized carbons (Fsp3) is 0.444. The number of thioether (sulfide) groups is 1. The van der Waals surface area contributed by atoms with Crippen LogP contribution < -0.4 is 15.4 Å². The van der Waals surface area contributed by atoms with Gasteiger partial charge in [0, 0.05) is 23.5 Å². The molecule has 190 valence electrons. The average molecular weight is 510 g/mol. The number of aliphatic hydroxyl groups excluding tert-OH is 1. The predicted molar refractivity (Wildman–Crippen MR) is 137 cm³/mol. The number of carbonyl (C=O) groups excluding carboxylic acids is 3. The minimum Gasteiger partial charge on any atom is -0.497 e. The largest absolute Gasteiger partial charge is 0.497 e. The molecular formula is C27H31N3O5S. The number of hydrogen-bond acceptors (Lipinski definition) is 6. The van der Waals surface area contributed by atoms with E-state index in [1.165, 1.54) is 4.90 Å². The second-order valence-electron chi connectivity index (χ2n) is 9.90. The second-order valence-corrected chi connectivity index (χ2v) is 11.8. The molecule has 0 aromatic heterocycles. The number of fused-ring (bicyclic) bond motifs is 1. The van der Waals surface area contributed by atoms with Gasteiger partial charge in [0.25, 0.3) is 0 Å². The molecule has 3 amide bonds. The maximum absolute atomic E-state index is 13.8. The Bertz CT molecular complexity index is 1160. The summed E-state index contributed by atoms with van der Waals surface area (Å²) in [6, 6.07) is 15.9. The molecular weight excluding hydrogens is 478 g/mol. The van der Waals surface area contributed by atoms with Crippen LogP contribution >= 0.6 is 11.8 Å².